The number of carbonyl (C=O) groups excluding carboxylic acids is 2. The number of carbonyl (C=O) groups is 2. The lowest BCUT2D eigenvalue weighted by molar-refractivity contribution is -0.123. The maximum absolute atomic E-state index is 12.3. The van der Waals surface area contributed by atoms with Gasteiger partial charge in [-0.05, 0) is 24.3 Å². The molecule has 0 bridgehead atoms. The van der Waals surface area contributed by atoms with E-state index < -0.39 is 0 Å². The van der Waals surface area contributed by atoms with Gasteiger partial charge in [-0.1, -0.05) is 18.2 Å². The molecule has 0 fully saturated rings. The van der Waals surface area contributed by atoms with E-state index in [9.17, 15) is 9.59 Å². The summed E-state index contributed by atoms with van der Waals surface area (Å²) in [6.07, 6.45) is 0. The average molecular weight is 388 g/mol. The van der Waals surface area contributed by atoms with Crippen molar-refractivity contribution in [3.05, 3.63) is 48.0 Å². The molecule has 2 rings (SSSR count). The fourth-order valence-corrected chi connectivity index (χ4v) is 2.41. The van der Waals surface area contributed by atoms with Crippen LogP contribution in [0.25, 0.3) is 0 Å². The lowest BCUT2D eigenvalue weighted by Crippen LogP contribution is -2.36. The van der Waals surface area contributed by atoms with E-state index in [1.165, 1.54) is 21.3 Å². The van der Waals surface area contributed by atoms with Crippen molar-refractivity contribution in [3.8, 4) is 23.0 Å². The number of nitrogens with one attached hydrogen (secondary N) is 2. The topological polar surface area (TPSA) is 95.1 Å². The molecule has 0 heterocycles. The van der Waals surface area contributed by atoms with E-state index in [0.717, 1.165) is 0 Å². The van der Waals surface area contributed by atoms with Gasteiger partial charge < -0.3 is 29.6 Å². The van der Waals surface area contributed by atoms with Crippen molar-refractivity contribution in [3.63, 3.8) is 0 Å². The Bertz CT molecular complexity index is 770. The van der Waals surface area contributed by atoms with Crippen LogP contribution in [0.2, 0.25) is 0 Å². The highest BCUT2D eigenvalue weighted by Gasteiger charge is 2.16. The molecule has 2 amide bonds. The monoisotopic (exact) mass is 388 g/mol. The third-order valence-corrected chi connectivity index (χ3v) is 3.77. The van der Waals surface area contributed by atoms with Gasteiger partial charge in [0.05, 0.1) is 21.3 Å². The molecule has 0 saturated heterocycles. The molecule has 150 valence electrons. The first-order valence-corrected chi connectivity index (χ1v) is 8.61. The van der Waals surface area contributed by atoms with Crippen LogP contribution >= 0.6 is 0 Å². The van der Waals surface area contributed by atoms with Crippen molar-refractivity contribution in [1.82, 2.24) is 10.6 Å². The smallest absolute Gasteiger partial charge is 0.258 e. The molecule has 2 aromatic carbocycles. The Morgan fingerprint density at radius 1 is 0.857 bits per heavy atom. The number of methoxy groups -OCH3 is 3. The van der Waals surface area contributed by atoms with Gasteiger partial charge in [0.1, 0.15) is 5.75 Å². The number of para-hydroxylation sites is 1. The van der Waals surface area contributed by atoms with Crippen molar-refractivity contribution in [2.45, 2.75) is 0 Å². The lowest BCUT2D eigenvalue weighted by Gasteiger charge is -2.14. The van der Waals surface area contributed by atoms with E-state index in [1.54, 1.807) is 24.3 Å². The summed E-state index contributed by atoms with van der Waals surface area (Å²) in [4.78, 5) is 24.1. The Morgan fingerprint density at radius 3 is 2.04 bits per heavy atom. The molecule has 8 heteroatoms. The van der Waals surface area contributed by atoms with Gasteiger partial charge in [0.15, 0.2) is 18.1 Å². The molecule has 8 nitrogen and oxygen atoms in total. The molecule has 0 unspecified atom stereocenters. The van der Waals surface area contributed by atoms with Gasteiger partial charge >= 0.3 is 0 Å². The number of ether oxygens (including phenoxy) is 4. The van der Waals surface area contributed by atoms with Crippen molar-refractivity contribution < 1.29 is 28.5 Å². The molecular weight excluding hydrogens is 364 g/mol. The molecular formula is C20H24N2O6. The first-order chi connectivity index (χ1) is 13.6. The Labute approximate surface area is 163 Å². The molecule has 0 spiro atoms. The number of hydrogen-bond acceptors (Lipinski definition) is 6. The Kier molecular flexibility index (Phi) is 7.95. The van der Waals surface area contributed by atoms with Gasteiger partial charge in [-0.15, -0.1) is 0 Å². The summed E-state index contributed by atoms with van der Waals surface area (Å²) < 4.78 is 21.0. The van der Waals surface area contributed by atoms with Crippen LogP contribution in [0.4, 0.5) is 0 Å². The summed E-state index contributed by atoms with van der Waals surface area (Å²) in [6, 6.07) is 12.2. The predicted octanol–water partition coefficient (Wildman–Crippen LogP) is 1.64. The maximum atomic E-state index is 12.3. The van der Waals surface area contributed by atoms with Gasteiger partial charge in [-0.2, -0.15) is 0 Å². The van der Waals surface area contributed by atoms with Crippen LogP contribution in [0.5, 0.6) is 23.0 Å². The predicted molar refractivity (Wildman–Crippen MR) is 103 cm³/mol. The summed E-state index contributed by atoms with van der Waals surface area (Å²) in [5.74, 6) is 1.21. The van der Waals surface area contributed by atoms with Crippen LogP contribution in [-0.2, 0) is 4.79 Å². The second-order valence-electron chi connectivity index (χ2n) is 5.62. The standard InChI is InChI=1S/C20H24N2O6/c1-25-16-11-14(12-17(26-2)19(16)27-3)20(24)22-10-9-21-18(23)13-28-15-7-5-4-6-8-15/h4-8,11-12H,9-10,13H2,1-3H3,(H,21,23)(H,22,24). The second kappa shape index (κ2) is 10.7. The summed E-state index contributed by atoms with van der Waals surface area (Å²) in [7, 11) is 4.45. The summed E-state index contributed by atoms with van der Waals surface area (Å²) in [5, 5.41) is 5.40. The number of hydrogen-bond donors (Lipinski definition) is 2. The van der Waals surface area contributed by atoms with Crippen molar-refractivity contribution in [2.24, 2.45) is 0 Å². The molecule has 0 atom stereocenters. The molecule has 28 heavy (non-hydrogen) atoms. The fourth-order valence-electron chi connectivity index (χ4n) is 2.41. The third kappa shape index (κ3) is 5.80. The molecule has 0 radical (unpaired) electrons. The van der Waals surface area contributed by atoms with Crippen LogP contribution in [0.1, 0.15) is 10.4 Å². The summed E-state index contributed by atoms with van der Waals surface area (Å²) in [6.45, 7) is 0.435. The van der Waals surface area contributed by atoms with E-state index in [1.807, 2.05) is 18.2 Å². The normalized spacial score (nSPS) is 9.96. The van der Waals surface area contributed by atoms with Crippen LogP contribution < -0.4 is 29.6 Å². The van der Waals surface area contributed by atoms with Crippen LogP contribution in [0, 0.1) is 0 Å². The highest BCUT2D eigenvalue weighted by molar-refractivity contribution is 5.95. The van der Waals surface area contributed by atoms with Crippen LogP contribution in [0.3, 0.4) is 0 Å². The number of amides is 2. The molecule has 0 saturated carbocycles. The van der Waals surface area contributed by atoms with E-state index in [2.05, 4.69) is 10.6 Å². The van der Waals surface area contributed by atoms with E-state index in [0.29, 0.717) is 28.6 Å². The Morgan fingerprint density at radius 2 is 1.46 bits per heavy atom. The molecule has 0 aliphatic carbocycles. The minimum atomic E-state index is -0.325. The first-order valence-electron chi connectivity index (χ1n) is 8.61. The maximum Gasteiger partial charge on any atom is 0.258 e. The molecule has 0 aliphatic rings. The molecule has 0 aliphatic heterocycles. The minimum absolute atomic E-state index is 0.0924. The highest BCUT2D eigenvalue weighted by atomic mass is 16.5. The van der Waals surface area contributed by atoms with Gasteiger partial charge in [-0.3, -0.25) is 9.59 Å². The first kappa shape index (κ1) is 20.9. The van der Waals surface area contributed by atoms with Gasteiger partial charge in [0, 0.05) is 18.7 Å². The second-order valence-corrected chi connectivity index (χ2v) is 5.62. The lowest BCUT2D eigenvalue weighted by atomic mass is 10.1. The van der Waals surface area contributed by atoms with Crippen LogP contribution in [0.15, 0.2) is 42.5 Å². The van der Waals surface area contributed by atoms with Gasteiger partial charge in [-0.25, -0.2) is 0 Å². The summed E-state index contributed by atoms with van der Waals surface area (Å²) >= 11 is 0. The van der Waals surface area contributed by atoms with Crippen molar-refractivity contribution in [1.29, 1.82) is 0 Å². The largest absolute Gasteiger partial charge is 0.493 e. The number of rotatable bonds is 10. The van der Waals surface area contributed by atoms with Crippen molar-refractivity contribution >= 4 is 11.8 Å². The Balaban J connectivity index is 1.80. The van der Waals surface area contributed by atoms with E-state index in [4.69, 9.17) is 18.9 Å². The van der Waals surface area contributed by atoms with Gasteiger partial charge in [0.2, 0.25) is 5.75 Å². The molecule has 0 aromatic heterocycles. The highest BCUT2D eigenvalue weighted by Crippen LogP contribution is 2.38. The zero-order valence-electron chi connectivity index (χ0n) is 16.1. The quantitative estimate of drug-likeness (QED) is 0.601. The zero-order valence-corrected chi connectivity index (χ0v) is 16.1. The fraction of sp³-hybridized carbons (Fsp3) is 0.300. The zero-order chi connectivity index (χ0) is 20.4. The van der Waals surface area contributed by atoms with E-state index in [-0.39, 0.29) is 31.5 Å². The van der Waals surface area contributed by atoms with E-state index >= 15 is 0 Å². The Hall–Kier alpha value is -3.42. The molecule has 2 N–H and O–H groups in total. The summed E-state index contributed by atoms with van der Waals surface area (Å²) in [5.41, 5.74) is 0.355. The third-order valence-electron chi connectivity index (χ3n) is 3.77. The molecule has 2 aromatic rings. The number of benzene rings is 2. The van der Waals surface area contributed by atoms with Crippen LogP contribution in [-0.4, -0.2) is 52.8 Å². The minimum Gasteiger partial charge on any atom is -0.493 e. The SMILES string of the molecule is COc1cc(C(=O)NCCNC(=O)COc2ccccc2)cc(OC)c1OC. The van der Waals surface area contributed by atoms with Crippen molar-refractivity contribution in [2.75, 3.05) is 41.0 Å². The van der Waals surface area contributed by atoms with Gasteiger partial charge in [0.25, 0.3) is 11.8 Å². The average Bonchev–Trinajstić information content (AvgIpc) is 2.74.